The number of nitrogens with one attached hydrogen (secondary N) is 1. The zero-order valence-electron chi connectivity index (χ0n) is 12.2. The van der Waals surface area contributed by atoms with Crippen molar-refractivity contribution in [2.45, 2.75) is 19.9 Å². The lowest BCUT2D eigenvalue weighted by Crippen LogP contribution is -2.26. The van der Waals surface area contributed by atoms with Crippen LogP contribution in [-0.2, 0) is 6.54 Å². The van der Waals surface area contributed by atoms with Crippen LogP contribution in [0.25, 0.3) is 0 Å². The van der Waals surface area contributed by atoms with Crippen molar-refractivity contribution in [3.63, 3.8) is 0 Å². The van der Waals surface area contributed by atoms with E-state index in [1.54, 1.807) is 6.33 Å². The van der Waals surface area contributed by atoms with Gasteiger partial charge in [0.1, 0.15) is 30.3 Å². The summed E-state index contributed by atoms with van der Waals surface area (Å²) in [7, 11) is 0. The standard InChI is InChI=1S/C16H20N4O/c1-2-7-17-15-10-16(19-12-18-15)20-8-9-21-14-6-4-3-5-13(14)11-20/h3-6,10,12H,2,7-9,11H2,1H3,(H,17,18,19). The van der Waals surface area contributed by atoms with Gasteiger partial charge in [0.05, 0.1) is 6.54 Å². The normalized spacial score (nSPS) is 14.0. The van der Waals surface area contributed by atoms with Crippen molar-refractivity contribution in [2.24, 2.45) is 0 Å². The third-order valence-electron chi connectivity index (χ3n) is 3.49. The molecule has 5 heteroatoms. The highest BCUT2D eigenvalue weighted by Crippen LogP contribution is 2.25. The molecule has 0 saturated carbocycles. The molecule has 5 nitrogen and oxygen atoms in total. The fourth-order valence-electron chi connectivity index (χ4n) is 2.39. The predicted molar refractivity (Wildman–Crippen MR) is 83.8 cm³/mol. The Morgan fingerprint density at radius 1 is 1.29 bits per heavy atom. The van der Waals surface area contributed by atoms with Crippen molar-refractivity contribution >= 4 is 11.6 Å². The molecule has 1 aliphatic heterocycles. The molecule has 0 spiro atoms. The van der Waals surface area contributed by atoms with Gasteiger partial charge < -0.3 is 15.0 Å². The van der Waals surface area contributed by atoms with Crippen LogP contribution < -0.4 is 15.0 Å². The van der Waals surface area contributed by atoms with Crippen molar-refractivity contribution in [1.29, 1.82) is 0 Å². The highest BCUT2D eigenvalue weighted by Gasteiger charge is 2.16. The Morgan fingerprint density at radius 2 is 2.19 bits per heavy atom. The zero-order chi connectivity index (χ0) is 14.5. The average Bonchev–Trinajstić information content (AvgIpc) is 2.75. The molecule has 1 aromatic carbocycles. The number of rotatable bonds is 4. The lowest BCUT2D eigenvalue weighted by atomic mass is 10.2. The predicted octanol–water partition coefficient (Wildman–Crippen LogP) is 2.70. The van der Waals surface area contributed by atoms with Crippen molar-refractivity contribution in [2.75, 3.05) is 29.9 Å². The molecule has 0 fully saturated rings. The third-order valence-corrected chi connectivity index (χ3v) is 3.49. The van der Waals surface area contributed by atoms with Crippen molar-refractivity contribution in [3.8, 4) is 5.75 Å². The SMILES string of the molecule is CCCNc1cc(N2CCOc3ccccc3C2)ncn1. The van der Waals surface area contributed by atoms with Crippen LogP contribution in [0.5, 0.6) is 5.75 Å². The van der Waals surface area contributed by atoms with Gasteiger partial charge in [-0.05, 0) is 12.5 Å². The topological polar surface area (TPSA) is 50.3 Å². The van der Waals surface area contributed by atoms with Gasteiger partial charge in [-0.25, -0.2) is 9.97 Å². The minimum atomic E-state index is 0.665. The Hall–Kier alpha value is -2.30. The van der Waals surface area contributed by atoms with Crippen LogP contribution in [0.2, 0.25) is 0 Å². The minimum Gasteiger partial charge on any atom is -0.491 e. The smallest absolute Gasteiger partial charge is 0.134 e. The van der Waals surface area contributed by atoms with Crippen molar-refractivity contribution in [3.05, 3.63) is 42.2 Å². The van der Waals surface area contributed by atoms with Gasteiger partial charge >= 0.3 is 0 Å². The van der Waals surface area contributed by atoms with Crippen LogP contribution >= 0.6 is 0 Å². The first-order valence-electron chi connectivity index (χ1n) is 7.38. The number of ether oxygens (including phenoxy) is 1. The third kappa shape index (κ3) is 3.24. The highest BCUT2D eigenvalue weighted by atomic mass is 16.5. The summed E-state index contributed by atoms with van der Waals surface area (Å²) >= 11 is 0. The average molecular weight is 284 g/mol. The van der Waals surface area contributed by atoms with E-state index in [1.165, 1.54) is 5.56 Å². The molecule has 2 heterocycles. The molecule has 3 rings (SSSR count). The van der Waals surface area contributed by atoms with Gasteiger partial charge in [-0.1, -0.05) is 25.1 Å². The maximum absolute atomic E-state index is 5.79. The Balaban J connectivity index is 1.80. The van der Waals surface area contributed by atoms with Crippen molar-refractivity contribution < 1.29 is 4.74 Å². The molecule has 1 aliphatic rings. The summed E-state index contributed by atoms with van der Waals surface area (Å²) in [6, 6.07) is 10.2. The molecule has 0 amide bonds. The summed E-state index contributed by atoms with van der Waals surface area (Å²) in [6.07, 6.45) is 2.69. The van der Waals surface area contributed by atoms with E-state index in [-0.39, 0.29) is 0 Å². The van der Waals surface area contributed by atoms with Gasteiger partial charge in [-0.2, -0.15) is 0 Å². The summed E-state index contributed by atoms with van der Waals surface area (Å²) < 4.78 is 5.79. The Bertz CT molecular complexity index is 602. The molecule has 0 unspecified atom stereocenters. The molecule has 1 N–H and O–H groups in total. The Morgan fingerprint density at radius 3 is 3.10 bits per heavy atom. The van der Waals surface area contributed by atoms with Crippen LogP contribution in [0.1, 0.15) is 18.9 Å². The number of benzene rings is 1. The summed E-state index contributed by atoms with van der Waals surface area (Å²) in [5.74, 6) is 2.78. The quantitative estimate of drug-likeness (QED) is 0.935. The van der Waals surface area contributed by atoms with E-state index in [1.807, 2.05) is 24.3 Å². The van der Waals surface area contributed by atoms with E-state index in [9.17, 15) is 0 Å². The molecular formula is C16H20N4O. The number of hydrogen-bond donors (Lipinski definition) is 1. The van der Waals surface area contributed by atoms with Gasteiger partial charge in [0, 0.05) is 24.7 Å². The van der Waals surface area contributed by atoms with Gasteiger partial charge in [-0.3, -0.25) is 0 Å². The van der Waals surface area contributed by atoms with E-state index in [2.05, 4.69) is 33.2 Å². The van der Waals surface area contributed by atoms with Crippen molar-refractivity contribution in [1.82, 2.24) is 9.97 Å². The molecular weight excluding hydrogens is 264 g/mol. The van der Waals surface area contributed by atoms with E-state index in [0.29, 0.717) is 6.61 Å². The van der Waals surface area contributed by atoms with E-state index in [0.717, 1.165) is 43.4 Å². The van der Waals surface area contributed by atoms with Gasteiger partial charge in [0.15, 0.2) is 0 Å². The largest absolute Gasteiger partial charge is 0.491 e. The fraction of sp³-hybridized carbons (Fsp3) is 0.375. The molecule has 1 aromatic heterocycles. The summed E-state index contributed by atoms with van der Waals surface area (Å²) in [5.41, 5.74) is 1.19. The molecule has 21 heavy (non-hydrogen) atoms. The molecule has 0 saturated heterocycles. The number of anilines is 2. The second-order valence-corrected chi connectivity index (χ2v) is 5.07. The van der Waals surface area contributed by atoms with E-state index < -0.39 is 0 Å². The van der Waals surface area contributed by atoms with Gasteiger partial charge in [0.25, 0.3) is 0 Å². The van der Waals surface area contributed by atoms with Crippen LogP contribution in [0.4, 0.5) is 11.6 Å². The molecule has 0 aliphatic carbocycles. The minimum absolute atomic E-state index is 0.665. The first-order valence-corrected chi connectivity index (χ1v) is 7.38. The summed E-state index contributed by atoms with van der Waals surface area (Å²) in [6.45, 7) is 5.35. The molecule has 110 valence electrons. The second kappa shape index (κ2) is 6.43. The number of para-hydroxylation sites is 1. The van der Waals surface area contributed by atoms with Crippen LogP contribution in [0.3, 0.4) is 0 Å². The molecule has 0 bridgehead atoms. The van der Waals surface area contributed by atoms with E-state index in [4.69, 9.17) is 4.74 Å². The maximum Gasteiger partial charge on any atom is 0.134 e. The van der Waals surface area contributed by atoms with Crippen LogP contribution in [-0.4, -0.2) is 29.7 Å². The van der Waals surface area contributed by atoms with Crippen LogP contribution in [0.15, 0.2) is 36.7 Å². The molecule has 2 aromatic rings. The van der Waals surface area contributed by atoms with Gasteiger partial charge in [0.2, 0.25) is 0 Å². The number of hydrogen-bond acceptors (Lipinski definition) is 5. The highest BCUT2D eigenvalue weighted by molar-refractivity contribution is 5.50. The van der Waals surface area contributed by atoms with Crippen LogP contribution in [0, 0.1) is 0 Å². The summed E-state index contributed by atoms with van der Waals surface area (Å²) in [4.78, 5) is 10.9. The number of aromatic nitrogens is 2. The summed E-state index contributed by atoms with van der Waals surface area (Å²) in [5, 5.41) is 3.30. The lowest BCUT2D eigenvalue weighted by Gasteiger charge is -2.21. The molecule has 0 atom stereocenters. The monoisotopic (exact) mass is 284 g/mol. The first kappa shape index (κ1) is 13.7. The zero-order valence-corrected chi connectivity index (χ0v) is 12.2. The first-order chi connectivity index (χ1) is 10.4. The number of fused-ring (bicyclic) bond motifs is 1. The van der Waals surface area contributed by atoms with E-state index >= 15 is 0 Å². The number of nitrogens with zero attached hydrogens (tertiary/aromatic N) is 3. The lowest BCUT2D eigenvalue weighted by molar-refractivity contribution is 0.331. The maximum atomic E-state index is 5.79. The van der Waals surface area contributed by atoms with Gasteiger partial charge in [-0.15, -0.1) is 0 Å². The molecule has 0 radical (unpaired) electrons. The Labute approximate surface area is 125 Å². The fourth-order valence-corrected chi connectivity index (χ4v) is 2.39. The second-order valence-electron chi connectivity index (χ2n) is 5.07. The Kier molecular flexibility index (Phi) is 4.19.